The summed E-state index contributed by atoms with van der Waals surface area (Å²) in [7, 11) is 0. The summed E-state index contributed by atoms with van der Waals surface area (Å²) < 4.78 is 9.24. The van der Waals surface area contributed by atoms with Crippen LogP contribution < -0.4 is 5.32 Å². The highest BCUT2D eigenvalue weighted by Crippen LogP contribution is 2.19. The lowest BCUT2D eigenvalue weighted by Crippen LogP contribution is -2.14. The molecule has 0 spiro atoms. The Morgan fingerprint density at radius 1 is 1.44 bits per heavy atom. The van der Waals surface area contributed by atoms with Crippen LogP contribution in [-0.4, -0.2) is 32.9 Å². The Morgan fingerprint density at radius 3 is 3.12 bits per heavy atom. The fourth-order valence-corrected chi connectivity index (χ4v) is 1.69. The van der Waals surface area contributed by atoms with E-state index in [0.29, 0.717) is 11.8 Å². The van der Waals surface area contributed by atoms with Gasteiger partial charge in [-0.2, -0.15) is 0 Å². The van der Waals surface area contributed by atoms with Gasteiger partial charge in [0.2, 0.25) is 5.89 Å². The van der Waals surface area contributed by atoms with Crippen molar-refractivity contribution >= 4 is 11.5 Å². The molecule has 0 aliphatic carbocycles. The van der Waals surface area contributed by atoms with Crippen molar-refractivity contribution in [1.29, 1.82) is 0 Å². The average molecular weight is 239 g/mol. The molecule has 0 aliphatic heterocycles. The van der Waals surface area contributed by atoms with Crippen molar-refractivity contribution in [3.63, 3.8) is 0 Å². The lowest BCUT2D eigenvalue weighted by atomic mass is 10.3. The molecule has 0 radical (unpaired) electrons. The quantitative estimate of drug-likeness (QED) is 0.761. The van der Waals surface area contributed by atoms with Crippen LogP contribution in [-0.2, 0) is 6.42 Å². The van der Waals surface area contributed by atoms with E-state index in [1.807, 2.05) is 0 Å². The van der Waals surface area contributed by atoms with Crippen molar-refractivity contribution in [1.82, 2.24) is 25.1 Å². The summed E-state index contributed by atoms with van der Waals surface area (Å²) in [6.07, 6.45) is 3.42. The maximum Gasteiger partial charge on any atom is 0.261 e. The molecule has 0 saturated heterocycles. The molecular weight excluding hydrogens is 226 g/mol. The molecule has 16 heavy (non-hydrogen) atoms. The third kappa shape index (κ3) is 2.83. The molecule has 1 N–H and O–H groups in total. The number of rotatable bonds is 6. The first kappa shape index (κ1) is 11.2. The topological polar surface area (TPSA) is 76.7 Å². The van der Waals surface area contributed by atoms with Crippen molar-refractivity contribution in [3.05, 3.63) is 12.1 Å². The number of hydrogen-bond donors (Lipinski definition) is 1. The highest BCUT2D eigenvalue weighted by Gasteiger charge is 2.09. The van der Waals surface area contributed by atoms with Crippen LogP contribution in [0.1, 0.15) is 19.2 Å². The normalized spacial score (nSPS) is 10.8. The van der Waals surface area contributed by atoms with E-state index >= 15 is 0 Å². The Labute approximate surface area is 97.3 Å². The Morgan fingerprint density at radius 2 is 2.38 bits per heavy atom. The van der Waals surface area contributed by atoms with Crippen LogP contribution in [0.4, 0.5) is 0 Å². The summed E-state index contributed by atoms with van der Waals surface area (Å²) in [6, 6.07) is 0. The first-order valence-corrected chi connectivity index (χ1v) is 5.98. The molecule has 2 heterocycles. The Bertz CT molecular complexity index is 413. The van der Waals surface area contributed by atoms with E-state index in [1.54, 1.807) is 6.20 Å². The van der Waals surface area contributed by atoms with E-state index in [9.17, 15) is 0 Å². The molecule has 0 aromatic carbocycles. The summed E-state index contributed by atoms with van der Waals surface area (Å²) in [4.78, 5) is 0.811. The number of nitrogens with zero attached hydrogens (tertiary/aromatic N) is 4. The zero-order valence-corrected chi connectivity index (χ0v) is 9.83. The summed E-state index contributed by atoms with van der Waals surface area (Å²) >= 11 is 1.25. The fraction of sp³-hybridized carbons (Fsp3) is 0.556. The van der Waals surface area contributed by atoms with E-state index in [1.165, 1.54) is 11.5 Å². The minimum absolute atomic E-state index is 0.508. The predicted molar refractivity (Wildman–Crippen MR) is 60.1 cm³/mol. The Kier molecular flexibility index (Phi) is 3.95. The standard InChI is InChI=1S/C9H13N5OS/c1-2-10-5-3-4-8-12-13-9(15-8)7-6-11-14-16-7/h6,10H,2-5H2,1H3. The predicted octanol–water partition coefficient (Wildman–Crippen LogP) is 1.13. The molecule has 86 valence electrons. The van der Waals surface area contributed by atoms with Crippen molar-refractivity contribution in [2.24, 2.45) is 0 Å². The number of nitrogens with one attached hydrogen (secondary N) is 1. The van der Waals surface area contributed by atoms with Gasteiger partial charge in [0, 0.05) is 6.42 Å². The second kappa shape index (κ2) is 5.66. The second-order valence-corrected chi connectivity index (χ2v) is 4.03. The molecular formula is C9H13N5OS. The van der Waals surface area contributed by atoms with Crippen LogP contribution >= 0.6 is 11.5 Å². The van der Waals surface area contributed by atoms with Crippen LogP contribution in [0, 0.1) is 0 Å². The van der Waals surface area contributed by atoms with Gasteiger partial charge in [-0.3, -0.25) is 0 Å². The van der Waals surface area contributed by atoms with Gasteiger partial charge >= 0.3 is 0 Å². The molecule has 2 rings (SSSR count). The number of aryl methyl sites for hydroxylation is 1. The van der Waals surface area contributed by atoms with Crippen molar-refractivity contribution in [2.45, 2.75) is 19.8 Å². The smallest absolute Gasteiger partial charge is 0.261 e. The van der Waals surface area contributed by atoms with Gasteiger partial charge < -0.3 is 9.73 Å². The molecule has 0 saturated carbocycles. The van der Waals surface area contributed by atoms with E-state index in [4.69, 9.17) is 4.42 Å². The van der Waals surface area contributed by atoms with Gasteiger partial charge in [-0.25, -0.2) is 0 Å². The van der Waals surface area contributed by atoms with Crippen LogP contribution in [0.25, 0.3) is 10.8 Å². The third-order valence-corrected chi connectivity index (χ3v) is 2.69. The molecule has 0 unspecified atom stereocenters. The molecule has 0 aliphatic rings. The zero-order valence-electron chi connectivity index (χ0n) is 9.01. The van der Waals surface area contributed by atoms with Crippen LogP contribution in [0.2, 0.25) is 0 Å². The highest BCUT2D eigenvalue weighted by molar-refractivity contribution is 7.09. The zero-order chi connectivity index (χ0) is 11.2. The molecule has 2 aromatic heterocycles. The lowest BCUT2D eigenvalue weighted by Gasteiger charge is -1.97. The first-order chi connectivity index (χ1) is 7.90. The molecule has 2 aromatic rings. The lowest BCUT2D eigenvalue weighted by molar-refractivity contribution is 0.493. The van der Waals surface area contributed by atoms with Gasteiger partial charge in [-0.05, 0) is 31.0 Å². The summed E-state index contributed by atoms with van der Waals surface area (Å²) in [5.74, 6) is 1.18. The fourth-order valence-electron chi connectivity index (χ4n) is 1.26. The van der Waals surface area contributed by atoms with Gasteiger partial charge in [0.1, 0.15) is 4.88 Å². The van der Waals surface area contributed by atoms with Gasteiger partial charge in [-0.1, -0.05) is 11.4 Å². The van der Waals surface area contributed by atoms with Gasteiger partial charge in [0.15, 0.2) is 0 Å². The summed E-state index contributed by atoms with van der Waals surface area (Å²) in [6.45, 7) is 4.04. The Hall–Kier alpha value is -1.34. The molecule has 6 nitrogen and oxygen atoms in total. The summed E-state index contributed by atoms with van der Waals surface area (Å²) in [5.41, 5.74) is 0. The minimum atomic E-state index is 0.508. The molecule has 0 atom stereocenters. The number of hydrogen-bond acceptors (Lipinski definition) is 7. The average Bonchev–Trinajstić information content (AvgIpc) is 2.94. The molecule has 0 bridgehead atoms. The van der Waals surface area contributed by atoms with Crippen molar-refractivity contribution < 1.29 is 4.42 Å². The van der Waals surface area contributed by atoms with Crippen LogP contribution in [0.5, 0.6) is 0 Å². The molecule has 7 heteroatoms. The van der Waals surface area contributed by atoms with Crippen molar-refractivity contribution in [3.8, 4) is 10.8 Å². The number of aromatic nitrogens is 4. The minimum Gasteiger partial charge on any atom is -0.420 e. The SMILES string of the molecule is CCNCCCc1nnc(-c2cnns2)o1. The maximum atomic E-state index is 5.49. The Balaban J connectivity index is 1.88. The second-order valence-electron chi connectivity index (χ2n) is 3.24. The first-order valence-electron chi connectivity index (χ1n) is 5.21. The summed E-state index contributed by atoms with van der Waals surface area (Å²) in [5, 5.41) is 14.9. The monoisotopic (exact) mass is 239 g/mol. The van der Waals surface area contributed by atoms with Gasteiger partial charge in [0.25, 0.3) is 5.89 Å². The van der Waals surface area contributed by atoms with Crippen LogP contribution in [0.3, 0.4) is 0 Å². The molecule has 0 amide bonds. The highest BCUT2D eigenvalue weighted by atomic mass is 32.1. The van der Waals surface area contributed by atoms with E-state index in [2.05, 4.69) is 32.0 Å². The molecule has 0 fully saturated rings. The van der Waals surface area contributed by atoms with Crippen LogP contribution in [0.15, 0.2) is 10.6 Å². The van der Waals surface area contributed by atoms with Crippen molar-refractivity contribution in [2.75, 3.05) is 13.1 Å². The van der Waals surface area contributed by atoms with E-state index in [-0.39, 0.29) is 0 Å². The maximum absolute atomic E-state index is 5.49. The van der Waals surface area contributed by atoms with Gasteiger partial charge in [-0.15, -0.1) is 15.3 Å². The third-order valence-electron chi connectivity index (χ3n) is 2.03. The van der Waals surface area contributed by atoms with E-state index < -0.39 is 0 Å². The van der Waals surface area contributed by atoms with E-state index in [0.717, 1.165) is 30.8 Å². The largest absolute Gasteiger partial charge is 0.420 e. The van der Waals surface area contributed by atoms with Gasteiger partial charge in [0.05, 0.1) is 6.20 Å².